The third-order valence-electron chi connectivity index (χ3n) is 8.23. The van der Waals surface area contributed by atoms with Crippen LogP contribution in [-0.4, -0.2) is 81.6 Å². The second-order valence-corrected chi connectivity index (χ2v) is 10.8. The van der Waals surface area contributed by atoms with Gasteiger partial charge >= 0.3 is 0 Å². The van der Waals surface area contributed by atoms with Crippen molar-refractivity contribution in [1.29, 1.82) is 0 Å². The Kier molecular flexibility index (Phi) is 5.83. The quantitative estimate of drug-likeness (QED) is 0.430. The first-order valence-electron chi connectivity index (χ1n) is 13.5. The van der Waals surface area contributed by atoms with Crippen molar-refractivity contribution in [1.82, 2.24) is 29.5 Å². The van der Waals surface area contributed by atoms with Gasteiger partial charge in [-0.3, -0.25) is 29.2 Å². The highest BCUT2D eigenvalue weighted by Crippen LogP contribution is 2.31. The normalized spacial score (nSPS) is 23.8. The van der Waals surface area contributed by atoms with Crippen molar-refractivity contribution in [2.75, 3.05) is 39.8 Å². The third kappa shape index (κ3) is 4.13. The zero-order valence-corrected chi connectivity index (χ0v) is 21.5. The summed E-state index contributed by atoms with van der Waals surface area (Å²) in [5.41, 5.74) is 3.50. The van der Waals surface area contributed by atoms with Gasteiger partial charge in [0.2, 0.25) is 0 Å². The van der Waals surface area contributed by atoms with Gasteiger partial charge in [0.15, 0.2) is 0 Å². The van der Waals surface area contributed by atoms with Crippen LogP contribution in [0, 0.1) is 0 Å². The first kappa shape index (κ1) is 23.6. The van der Waals surface area contributed by atoms with Crippen LogP contribution >= 0.6 is 0 Å². The molecule has 0 aliphatic carbocycles. The van der Waals surface area contributed by atoms with E-state index in [1.807, 2.05) is 12.1 Å². The van der Waals surface area contributed by atoms with Crippen LogP contribution in [0.4, 0.5) is 0 Å². The minimum atomic E-state index is -0.293. The van der Waals surface area contributed by atoms with E-state index >= 15 is 0 Å². The Morgan fingerprint density at radius 1 is 1.11 bits per heavy atom. The Labute approximate surface area is 219 Å². The number of methoxy groups -OCH3 is 1. The summed E-state index contributed by atoms with van der Waals surface area (Å²) in [5.74, 6) is 0.692. The number of para-hydroxylation sites is 1. The molecule has 5 heterocycles. The van der Waals surface area contributed by atoms with Gasteiger partial charge in [-0.15, -0.1) is 0 Å². The fourth-order valence-electron chi connectivity index (χ4n) is 6.24. The average molecular weight is 517 g/mol. The highest BCUT2D eigenvalue weighted by molar-refractivity contribution is 5.93. The van der Waals surface area contributed by atoms with Crippen molar-refractivity contribution in [3.05, 3.63) is 56.6 Å². The summed E-state index contributed by atoms with van der Waals surface area (Å²) in [6, 6.07) is 9.53. The molecule has 0 spiro atoms. The highest BCUT2D eigenvalue weighted by Gasteiger charge is 2.27. The number of hydrogen-bond acceptors (Lipinski definition) is 7. The second-order valence-electron chi connectivity index (χ2n) is 10.8. The number of piperidine rings is 1. The Hall–Kier alpha value is -3.47. The van der Waals surface area contributed by atoms with E-state index in [-0.39, 0.29) is 29.0 Å². The van der Waals surface area contributed by atoms with E-state index in [1.54, 1.807) is 23.9 Å². The van der Waals surface area contributed by atoms with Crippen molar-refractivity contribution < 1.29 is 9.47 Å². The van der Waals surface area contributed by atoms with Crippen LogP contribution in [0.3, 0.4) is 0 Å². The maximum atomic E-state index is 13.4. The molecule has 1 unspecified atom stereocenters. The lowest BCUT2D eigenvalue weighted by molar-refractivity contribution is 0.0285. The van der Waals surface area contributed by atoms with E-state index in [4.69, 9.17) is 14.5 Å². The maximum absolute atomic E-state index is 13.4. The first-order valence-corrected chi connectivity index (χ1v) is 13.5. The Morgan fingerprint density at radius 2 is 2.03 bits per heavy atom. The smallest absolute Gasteiger partial charge is 0.275 e. The number of nitrogens with zero attached hydrogens (tertiary/aromatic N) is 4. The Balaban J connectivity index is 1.38. The predicted octanol–water partition coefficient (Wildman–Crippen LogP) is 2.31. The van der Waals surface area contributed by atoms with E-state index in [0.717, 1.165) is 64.1 Å². The summed E-state index contributed by atoms with van der Waals surface area (Å²) >= 11 is 0. The number of likely N-dealkylation sites (tertiary alicyclic amines) is 1. The summed E-state index contributed by atoms with van der Waals surface area (Å²) in [7, 11) is 1.78. The molecule has 4 aromatic rings. The van der Waals surface area contributed by atoms with Gasteiger partial charge in [0.1, 0.15) is 23.1 Å². The number of hydrogen-bond donors (Lipinski definition) is 2. The molecule has 0 amide bonds. The zero-order chi connectivity index (χ0) is 25.8. The lowest BCUT2D eigenvalue weighted by Gasteiger charge is -2.32. The van der Waals surface area contributed by atoms with Crippen LogP contribution in [-0.2, 0) is 17.8 Å². The zero-order valence-electron chi connectivity index (χ0n) is 21.5. The van der Waals surface area contributed by atoms with Gasteiger partial charge in [0.05, 0.1) is 29.1 Å². The van der Waals surface area contributed by atoms with Crippen LogP contribution in [0.15, 0.2) is 39.9 Å². The number of H-pyrrole nitrogens is 2. The molecular weight excluding hydrogens is 484 g/mol. The van der Waals surface area contributed by atoms with Gasteiger partial charge in [-0.05, 0) is 49.6 Å². The molecule has 2 fully saturated rings. The largest absolute Gasteiger partial charge is 0.487 e. The summed E-state index contributed by atoms with van der Waals surface area (Å²) in [6.07, 6.45) is 3.34. The molecule has 38 heavy (non-hydrogen) atoms. The molecule has 2 N–H and O–H groups in total. The molecule has 0 saturated carbocycles. The molecule has 6 bridgehead atoms. The van der Waals surface area contributed by atoms with Gasteiger partial charge in [0, 0.05) is 45.4 Å². The van der Waals surface area contributed by atoms with E-state index in [1.165, 1.54) is 0 Å². The summed E-state index contributed by atoms with van der Waals surface area (Å²) in [4.78, 5) is 39.2. The lowest BCUT2D eigenvalue weighted by atomic mass is 10.1. The molecule has 2 aromatic heterocycles. The Bertz CT molecular complexity index is 1640. The predicted molar refractivity (Wildman–Crippen MR) is 145 cm³/mol. The SMILES string of the molecule is CO[C@H]1CCCN(Cc2cc3c4nc(c(=O)[nH]c4c2)-c2cccc4c(=O)n([nH]c24)CCN2CC[C@@H](C2)O3)C1. The van der Waals surface area contributed by atoms with Crippen LogP contribution in [0.2, 0.25) is 0 Å². The van der Waals surface area contributed by atoms with Crippen LogP contribution < -0.4 is 15.9 Å². The fraction of sp³-hybridized carbons (Fsp3) is 0.464. The molecule has 10 heteroatoms. The maximum Gasteiger partial charge on any atom is 0.275 e. The molecule has 3 atom stereocenters. The van der Waals surface area contributed by atoms with Gasteiger partial charge in [-0.1, -0.05) is 12.1 Å². The van der Waals surface area contributed by atoms with E-state index in [0.29, 0.717) is 39.8 Å². The molecule has 198 valence electrons. The number of aromatic amines is 2. The average Bonchev–Trinajstić information content (AvgIpc) is 3.50. The number of rotatable bonds is 3. The third-order valence-corrected chi connectivity index (χ3v) is 8.23. The van der Waals surface area contributed by atoms with Gasteiger partial charge in [-0.2, -0.15) is 0 Å². The van der Waals surface area contributed by atoms with E-state index in [2.05, 4.69) is 25.9 Å². The summed E-state index contributed by atoms with van der Waals surface area (Å²) < 4.78 is 13.9. The molecule has 0 radical (unpaired) electrons. The van der Waals surface area contributed by atoms with E-state index < -0.39 is 0 Å². The summed E-state index contributed by atoms with van der Waals surface area (Å²) in [5, 5.41) is 3.81. The topological polar surface area (TPSA) is 108 Å². The minimum absolute atomic E-state index is 0.0141. The van der Waals surface area contributed by atoms with E-state index in [9.17, 15) is 9.59 Å². The standard InChI is InChI=1S/C28H32N6O4/c1-37-18-4-3-8-33(15-18)14-17-12-22-26-23(13-17)38-19-7-9-32(16-19)10-11-34-28(36)21-6-2-5-20(24(21)31-34)25(30-26)27(35)29-22/h2,5-6,12-13,18-19,31H,3-4,7-11,14-16H2,1H3,(H,29,35)/t18-,19-/m0/s1. The van der Waals surface area contributed by atoms with Gasteiger partial charge in [0.25, 0.3) is 11.1 Å². The molecule has 2 saturated heterocycles. The van der Waals surface area contributed by atoms with Crippen molar-refractivity contribution in [3.8, 4) is 17.0 Å². The molecule has 2 aromatic carbocycles. The van der Waals surface area contributed by atoms with Crippen molar-refractivity contribution in [2.24, 2.45) is 0 Å². The van der Waals surface area contributed by atoms with Crippen molar-refractivity contribution in [2.45, 2.75) is 44.6 Å². The van der Waals surface area contributed by atoms with Crippen molar-refractivity contribution in [3.63, 3.8) is 0 Å². The molecular formula is C28H32N6O4. The number of aromatic nitrogens is 4. The van der Waals surface area contributed by atoms with Crippen LogP contribution in [0.5, 0.6) is 5.75 Å². The molecule has 3 aliphatic rings. The number of fused-ring (bicyclic) bond motifs is 5. The fourth-order valence-corrected chi connectivity index (χ4v) is 6.24. The van der Waals surface area contributed by atoms with Gasteiger partial charge < -0.3 is 14.5 Å². The first-order chi connectivity index (χ1) is 18.6. The number of nitrogens with one attached hydrogen (secondary N) is 2. The Morgan fingerprint density at radius 3 is 2.92 bits per heavy atom. The number of benzene rings is 2. The van der Waals surface area contributed by atoms with Gasteiger partial charge in [-0.25, -0.2) is 4.98 Å². The minimum Gasteiger partial charge on any atom is -0.487 e. The number of ether oxygens (including phenoxy) is 2. The summed E-state index contributed by atoms with van der Waals surface area (Å²) in [6.45, 7) is 5.63. The second kappa shape index (κ2) is 9.37. The van der Waals surface area contributed by atoms with Crippen LogP contribution in [0.1, 0.15) is 24.8 Å². The monoisotopic (exact) mass is 516 g/mol. The molecule has 3 aliphatic heterocycles. The molecule has 7 rings (SSSR count). The molecule has 10 nitrogen and oxygen atoms in total. The lowest BCUT2D eigenvalue weighted by Crippen LogP contribution is -2.38. The van der Waals surface area contributed by atoms with Crippen molar-refractivity contribution >= 4 is 21.9 Å². The highest BCUT2D eigenvalue weighted by atomic mass is 16.5. The van der Waals surface area contributed by atoms with Crippen LogP contribution in [0.25, 0.3) is 33.2 Å².